The molecule has 2 aromatic rings. The topological polar surface area (TPSA) is 57.0 Å². The summed E-state index contributed by atoms with van der Waals surface area (Å²) in [5.41, 5.74) is 0.548. The van der Waals surface area contributed by atoms with Gasteiger partial charge < -0.3 is 4.74 Å². The molecule has 0 N–H and O–H groups in total. The van der Waals surface area contributed by atoms with E-state index in [1.54, 1.807) is 24.3 Å². The first-order valence-corrected chi connectivity index (χ1v) is 5.33. The summed E-state index contributed by atoms with van der Waals surface area (Å²) >= 11 is 0. The van der Waals surface area contributed by atoms with Crippen molar-refractivity contribution in [3.05, 3.63) is 42.5 Å². The summed E-state index contributed by atoms with van der Waals surface area (Å²) in [6.45, 7) is 3.91. The third kappa shape index (κ3) is 2.69. The Morgan fingerprint density at radius 1 is 1.29 bits per heavy atom. The maximum absolute atomic E-state index is 11.9. The van der Waals surface area contributed by atoms with Crippen molar-refractivity contribution in [3.8, 4) is 5.75 Å². The van der Waals surface area contributed by atoms with E-state index in [1.807, 2.05) is 13.8 Å². The molecule has 0 bridgehead atoms. The van der Waals surface area contributed by atoms with Crippen LogP contribution in [0.4, 0.5) is 0 Å². The molecule has 2 rings (SSSR count). The highest BCUT2D eigenvalue weighted by atomic mass is 16.5. The van der Waals surface area contributed by atoms with Gasteiger partial charge in [0.1, 0.15) is 18.4 Å². The van der Waals surface area contributed by atoms with E-state index in [0.29, 0.717) is 5.56 Å². The van der Waals surface area contributed by atoms with Crippen LogP contribution in [-0.2, 0) is 0 Å². The van der Waals surface area contributed by atoms with E-state index >= 15 is 0 Å². The summed E-state index contributed by atoms with van der Waals surface area (Å²) in [6.07, 6.45) is 2.82. The van der Waals surface area contributed by atoms with Crippen LogP contribution in [-0.4, -0.2) is 26.8 Å². The molecule has 0 fully saturated rings. The first-order valence-electron chi connectivity index (χ1n) is 5.33. The molecule has 0 aliphatic carbocycles. The van der Waals surface area contributed by atoms with E-state index < -0.39 is 0 Å². The molecule has 0 unspecified atom stereocenters. The number of rotatable bonds is 3. The van der Waals surface area contributed by atoms with Crippen LogP contribution in [0.25, 0.3) is 0 Å². The second-order valence-corrected chi connectivity index (χ2v) is 3.84. The van der Waals surface area contributed by atoms with Gasteiger partial charge in [0, 0.05) is 5.56 Å². The Balaban J connectivity index is 2.15. The zero-order chi connectivity index (χ0) is 12.3. The zero-order valence-electron chi connectivity index (χ0n) is 9.70. The molecule has 17 heavy (non-hydrogen) atoms. The van der Waals surface area contributed by atoms with E-state index in [0.717, 1.165) is 5.75 Å². The Morgan fingerprint density at radius 3 is 2.53 bits per heavy atom. The number of aromatic nitrogens is 3. The molecule has 0 radical (unpaired) electrons. The van der Waals surface area contributed by atoms with Crippen molar-refractivity contribution in [2.24, 2.45) is 0 Å². The maximum atomic E-state index is 11.9. The van der Waals surface area contributed by atoms with Gasteiger partial charge in [-0.2, -0.15) is 9.78 Å². The molecule has 0 aliphatic heterocycles. The van der Waals surface area contributed by atoms with Gasteiger partial charge in [0.15, 0.2) is 0 Å². The third-order valence-corrected chi connectivity index (χ3v) is 2.10. The Morgan fingerprint density at radius 2 is 2.00 bits per heavy atom. The van der Waals surface area contributed by atoms with E-state index in [2.05, 4.69) is 10.1 Å². The van der Waals surface area contributed by atoms with Crippen molar-refractivity contribution in [1.29, 1.82) is 0 Å². The van der Waals surface area contributed by atoms with Crippen LogP contribution >= 0.6 is 0 Å². The van der Waals surface area contributed by atoms with Crippen molar-refractivity contribution >= 4 is 5.91 Å². The fourth-order valence-electron chi connectivity index (χ4n) is 1.39. The van der Waals surface area contributed by atoms with Crippen LogP contribution in [0.5, 0.6) is 5.75 Å². The minimum atomic E-state index is -0.210. The monoisotopic (exact) mass is 231 g/mol. The average Bonchev–Trinajstić information content (AvgIpc) is 2.82. The van der Waals surface area contributed by atoms with Gasteiger partial charge in [-0.25, -0.2) is 4.98 Å². The van der Waals surface area contributed by atoms with Gasteiger partial charge in [-0.3, -0.25) is 4.79 Å². The summed E-state index contributed by atoms with van der Waals surface area (Å²) in [4.78, 5) is 15.6. The Labute approximate surface area is 99.1 Å². The molecule has 5 heteroatoms. The van der Waals surface area contributed by atoms with E-state index in [-0.39, 0.29) is 12.0 Å². The molecule has 1 heterocycles. The van der Waals surface area contributed by atoms with Gasteiger partial charge in [0.05, 0.1) is 6.10 Å². The number of hydrogen-bond acceptors (Lipinski definition) is 4. The molecule has 1 aromatic carbocycles. The molecule has 0 aliphatic rings. The van der Waals surface area contributed by atoms with Crippen LogP contribution in [0, 0.1) is 0 Å². The van der Waals surface area contributed by atoms with Crippen molar-refractivity contribution in [1.82, 2.24) is 14.8 Å². The number of carbonyl (C=O) groups is 1. The van der Waals surface area contributed by atoms with E-state index in [1.165, 1.54) is 17.3 Å². The summed E-state index contributed by atoms with van der Waals surface area (Å²) in [6, 6.07) is 6.96. The highest BCUT2D eigenvalue weighted by Gasteiger charge is 2.08. The summed E-state index contributed by atoms with van der Waals surface area (Å²) < 4.78 is 6.69. The van der Waals surface area contributed by atoms with Gasteiger partial charge in [-0.15, -0.1) is 0 Å². The van der Waals surface area contributed by atoms with Crippen molar-refractivity contribution in [2.45, 2.75) is 20.0 Å². The molecular weight excluding hydrogens is 218 g/mol. The maximum Gasteiger partial charge on any atom is 0.279 e. The quantitative estimate of drug-likeness (QED) is 0.807. The van der Waals surface area contributed by atoms with Gasteiger partial charge >= 0.3 is 0 Å². The second kappa shape index (κ2) is 4.78. The number of ether oxygens (including phenoxy) is 1. The van der Waals surface area contributed by atoms with Crippen LogP contribution in [0.3, 0.4) is 0 Å². The molecule has 0 spiro atoms. The lowest BCUT2D eigenvalue weighted by atomic mass is 10.2. The Bertz CT molecular complexity index is 489. The number of nitrogens with zero attached hydrogens (tertiary/aromatic N) is 3. The van der Waals surface area contributed by atoms with Crippen LogP contribution in [0.15, 0.2) is 36.9 Å². The van der Waals surface area contributed by atoms with Crippen molar-refractivity contribution < 1.29 is 9.53 Å². The SMILES string of the molecule is CC(C)Oc1ccc(C(=O)n2cncn2)cc1. The number of benzene rings is 1. The third-order valence-electron chi connectivity index (χ3n) is 2.10. The Kier molecular flexibility index (Phi) is 3.18. The minimum Gasteiger partial charge on any atom is -0.491 e. The van der Waals surface area contributed by atoms with E-state index in [9.17, 15) is 4.79 Å². The predicted molar refractivity (Wildman–Crippen MR) is 62.0 cm³/mol. The molecule has 0 atom stereocenters. The van der Waals surface area contributed by atoms with Crippen LogP contribution in [0.1, 0.15) is 24.2 Å². The smallest absolute Gasteiger partial charge is 0.279 e. The van der Waals surface area contributed by atoms with Crippen molar-refractivity contribution in [3.63, 3.8) is 0 Å². The zero-order valence-corrected chi connectivity index (χ0v) is 9.70. The van der Waals surface area contributed by atoms with Crippen LogP contribution in [0.2, 0.25) is 0 Å². The average molecular weight is 231 g/mol. The van der Waals surface area contributed by atoms with Gasteiger partial charge in [0.25, 0.3) is 5.91 Å². The van der Waals surface area contributed by atoms with Crippen molar-refractivity contribution in [2.75, 3.05) is 0 Å². The second-order valence-electron chi connectivity index (χ2n) is 3.84. The molecular formula is C12H13N3O2. The summed E-state index contributed by atoms with van der Waals surface area (Å²) in [7, 11) is 0. The molecule has 0 saturated carbocycles. The normalized spacial score (nSPS) is 10.5. The minimum absolute atomic E-state index is 0.117. The summed E-state index contributed by atoms with van der Waals surface area (Å²) in [5.74, 6) is 0.536. The molecule has 88 valence electrons. The molecule has 5 nitrogen and oxygen atoms in total. The number of hydrogen-bond donors (Lipinski definition) is 0. The fourth-order valence-corrected chi connectivity index (χ4v) is 1.39. The summed E-state index contributed by atoms with van der Waals surface area (Å²) in [5, 5.41) is 3.79. The molecule has 1 aromatic heterocycles. The Hall–Kier alpha value is -2.17. The largest absolute Gasteiger partial charge is 0.491 e. The lowest BCUT2D eigenvalue weighted by Gasteiger charge is -2.09. The first-order chi connectivity index (χ1) is 8.16. The lowest BCUT2D eigenvalue weighted by Crippen LogP contribution is -2.12. The van der Waals surface area contributed by atoms with Gasteiger partial charge in [0.2, 0.25) is 0 Å². The predicted octanol–water partition coefficient (Wildman–Crippen LogP) is 1.75. The van der Waals surface area contributed by atoms with Crippen LogP contribution < -0.4 is 4.74 Å². The molecule has 0 amide bonds. The fraction of sp³-hybridized carbons (Fsp3) is 0.250. The first kappa shape index (κ1) is 11.3. The standard InChI is InChI=1S/C12H13N3O2/c1-9(2)17-11-5-3-10(4-6-11)12(16)15-8-13-7-14-15/h3-9H,1-2H3. The number of carbonyl (C=O) groups excluding carboxylic acids is 1. The lowest BCUT2D eigenvalue weighted by molar-refractivity contribution is 0.0944. The van der Waals surface area contributed by atoms with E-state index in [4.69, 9.17) is 4.74 Å². The highest BCUT2D eigenvalue weighted by Crippen LogP contribution is 2.14. The highest BCUT2D eigenvalue weighted by molar-refractivity contribution is 5.95. The van der Waals surface area contributed by atoms with Gasteiger partial charge in [-0.05, 0) is 38.1 Å². The molecule has 0 saturated heterocycles. The van der Waals surface area contributed by atoms with Gasteiger partial charge in [-0.1, -0.05) is 0 Å².